The number of unbranched alkanes of at least 4 members (excludes halogenated alkanes) is 4. The molecule has 2 rings (SSSR count). The van der Waals surface area contributed by atoms with Gasteiger partial charge in [0.15, 0.2) is 0 Å². The van der Waals surface area contributed by atoms with Crippen LogP contribution in [0.5, 0.6) is 5.75 Å². The lowest BCUT2D eigenvalue weighted by Gasteiger charge is -2.08. The first kappa shape index (κ1) is 18.1. The molecule has 2 aromatic carbocycles. The normalized spacial score (nSPS) is 10.4. The van der Waals surface area contributed by atoms with Crippen LogP contribution in [0.4, 0.5) is 0 Å². The molecule has 0 radical (unpaired) electrons. The van der Waals surface area contributed by atoms with Crippen LogP contribution in [0.3, 0.4) is 0 Å². The van der Waals surface area contributed by atoms with E-state index in [0.29, 0.717) is 12.1 Å². The Bertz CT molecular complexity index is 593. The first-order valence-electron chi connectivity index (χ1n) is 8.84. The zero-order valence-corrected chi connectivity index (χ0v) is 14.5. The molecule has 3 heteroatoms. The lowest BCUT2D eigenvalue weighted by atomic mass is 10.1. The fourth-order valence-corrected chi connectivity index (χ4v) is 2.48. The molecule has 0 heterocycles. The lowest BCUT2D eigenvalue weighted by molar-refractivity contribution is 0.0951. The SMILES string of the molecule is CCCCCCCOc1ccc(C(=O)NCc2ccccc2)cc1. The molecule has 0 saturated carbocycles. The monoisotopic (exact) mass is 325 g/mol. The second-order valence-corrected chi connectivity index (χ2v) is 5.96. The molecular weight excluding hydrogens is 298 g/mol. The van der Waals surface area contributed by atoms with Crippen LogP contribution in [0, 0.1) is 0 Å². The highest BCUT2D eigenvalue weighted by Gasteiger charge is 2.05. The van der Waals surface area contributed by atoms with Crippen molar-refractivity contribution in [2.24, 2.45) is 0 Å². The summed E-state index contributed by atoms with van der Waals surface area (Å²) >= 11 is 0. The summed E-state index contributed by atoms with van der Waals surface area (Å²) in [5.41, 5.74) is 1.75. The molecule has 3 nitrogen and oxygen atoms in total. The number of nitrogens with one attached hydrogen (secondary N) is 1. The minimum Gasteiger partial charge on any atom is -0.494 e. The Labute approximate surface area is 145 Å². The van der Waals surface area contributed by atoms with Gasteiger partial charge in [0.1, 0.15) is 5.75 Å². The summed E-state index contributed by atoms with van der Waals surface area (Å²) in [6.45, 7) is 3.49. The third-order valence-corrected chi connectivity index (χ3v) is 3.93. The van der Waals surface area contributed by atoms with E-state index < -0.39 is 0 Å². The van der Waals surface area contributed by atoms with Gasteiger partial charge in [-0.2, -0.15) is 0 Å². The second-order valence-electron chi connectivity index (χ2n) is 5.96. The van der Waals surface area contributed by atoms with E-state index in [1.165, 1.54) is 25.7 Å². The van der Waals surface area contributed by atoms with Crippen molar-refractivity contribution in [2.45, 2.75) is 45.6 Å². The standard InChI is InChI=1S/C21H27NO2/c1-2-3-4-5-9-16-24-20-14-12-19(13-15-20)21(23)22-17-18-10-7-6-8-11-18/h6-8,10-15H,2-5,9,16-17H2,1H3,(H,22,23). The van der Waals surface area contributed by atoms with Crippen LogP contribution in [-0.4, -0.2) is 12.5 Å². The first-order chi connectivity index (χ1) is 11.8. The van der Waals surface area contributed by atoms with Crippen molar-refractivity contribution >= 4 is 5.91 Å². The molecule has 128 valence electrons. The number of ether oxygens (including phenoxy) is 1. The topological polar surface area (TPSA) is 38.3 Å². The highest BCUT2D eigenvalue weighted by molar-refractivity contribution is 5.94. The number of amides is 1. The fraction of sp³-hybridized carbons (Fsp3) is 0.381. The molecular formula is C21H27NO2. The Kier molecular flexibility index (Phi) is 7.88. The minimum absolute atomic E-state index is 0.0648. The summed E-state index contributed by atoms with van der Waals surface area (Å²) in [5.74, 6) is 0.759. The van der Waals surface area contributed by atoms with E-state index >= 15 is 0 Å². The molecule has 0 spiro atoms. The average Bonchev–Trinajstić information content (AvgIpc) is 2.64. The summed E-state index contributed by atoms with van der Waals surface area (Å²) in [4.78, 5) is 12.1. The van der Waals surface area contributed by atoms with Gasteiger partial charge in [-0.05, 0) is 36.2 Å². The summed E-state index contributed by atoms with van der Waals surface area (Å²) in [7, 11) is 0. The average molecular weight is 325 g/mol. The largest absolute Gasteiger partial charge is 0.494 e. The van der Waals surface area contributed by atoms with E-state index in [4.69, 9.17) is 4.74 Å². The number of carbonyl (C=O) groups excluding carboxylic acids is 1. The molecule has 0 atom stereocenters. The molecule has 0 aliphatic heterocycles. The van der Waals surface area contributed by atoms with Crippen molar-refractivity contribution in [3.8, 4) is 5.75 Å². The molecule has 0 bridgehead atoms. The van der Waals surface area contributed by atoms with Crippen LogP contribution in [0.2, 0.25) is 0 Å². The maximum atomic E-state index is 12.1. The highest BCUT2D eigenvalue weighted by atomic mass is 16.5. The Hall–Kier alpha value is -2.29. The Morgan fingerprint density at radius 2 is 1.62 bits per heavy atom. The number of carbonyl (C=O) groups is 1. The highest BCUT2D eigenvalue weighted by Crippen LogP contribution is 2.13. The van der Waals surface area contributed by atoms with Crippen LogP contribution in [-0.2, 0) is 6.54 Å². The lowest BCUT2D eigenvalue weighted by Crippen LogP contribution is -2.22. The van der Waals surface area contributed by atoms with Crippen molar-refractivity contribution in [3.05, 3.63) is 65.7 Å². The molecule has 0 aromatic heterocycles. The van der Waals surface area contributed by atoms with Gasteiger partial charge >= 0.3 is 0 Å². The van der Waals surface area contributed by atoms with Gasteiger partial charge in [-0.25, -0.2) is 0 Å². The van der Waals surface area contributed by atoms with Crippen molar-refractivity contribution in [1.82, 2.24) is 5.32 Å². The molecule has 0 aliphatic carbocycles. The zero-order valence-electron chi connectivity index (χ0n) is 14.5. The van der Waals surface area contributed by atoms with Gasteiger partial charge < -0.3 is 10.1 Å². The van der Waals surface area contributed by atoms with Gasteiger partial charge in [-0.1, -0.05) is 62.9 Å². The Morgan fingerprint density at radius 3 is 2.33 bits per heavy atom. The Morgan fingerprint density at radius 1 is 0.917 bits per heavy atom. The number of benzene rings is 2. The summed E-state index contributed by atoms with van der Waals surface area (Å²) in [5, 5.41) is 2.93. The van der Waals surface area contributed by atoms with E-state index in [1.807, 2.05) is 54.6 Å². The van der Waals surface area contributed by atoms with Crippen LogP contribution in [0.1, 0.15) is 54.9 Å². The summed E-state index contributed by atoms with van der Waals surface area (Å²) in [6, 6.07) is 17.3. The second kappa shape index (κ2) is 10.5. The quantitative estimate of drug-likeness (QED) is 0.627. The van der Waals surface area contributed by atoms with E-state index in [2.05, 4.69) is 12.2 Å². The molecule has 0 saturated heterocycles. The van der Waals surface area contributed by atoms with Crippen molar-refractivity contribution in [1.29, 1.82) is 0 Å². The third kappa shape index (κ3) is 6.45. The van der Waals surface area contributed by atoms with Crippen LogP contribution in [0.25, 0.3) is 0 Å². The van der Waals surface area contributed by atoms with Crippen LogP contribution >= 0.6 is 0 Å². The number of rotatable bonds is 10. The zero-order chi connectivity index (χ0) is 17.0. The number of hydrogen-bond acceptors (Lipinski definition) is 2. The van der Waals surface area contributed by atoms with E-state index in [1.54, 1.807) is 0 Å². The molecule has 0 aliphatic rings. The maximum Gasteiger partial charge on any atom is 0.251 e. The molecule has 0 fully saturated rings. The minimum atomic E-state index is -0.0648. The third-order valence-electron chi connectivity index (χ3n) is 3.93. The van der Waals surface area contributed by atoms with E-state index in [-0.39, 0.29) is 5.91 Å². The molecule has 1 N–H and O–H groups in total. The van der Waals surface area contributed by atoms with E-state index in [0.717, 1.165) is 24.3 Å². The van der Waals surface area contributed by atoms with Gasteiger partial charge in [0, 0.05) is 12.1 Å². The predicted octanol–water partition coefficient (Wildman–Crippen LogP) is 4.97. The molecule has 1 amide bonds. The Balaban J connectivity index is 1.71. The van der Waals surface area contributed by atoms with E-state index in [9.17, 15) is 4.79 Å². The van der Waals surface area contributed by atoms with Crippen LogP contribution in [0.15, 0.2) is 54.6 Å². The smallest absolute Gasteiger partial charge is 0.251 e. The van der Waals surface area contributed by atoms with Gasteiger partial charge in [-0.15, -0.1) is 0 Å². The van der Waals surface area contributed by atoms with Gasteiger partial charge in [0.25, 0.3) is 5.91 Å². The molecule has 2 aromatic rings. The maximum absolute atomic E-state index is 12.1. The van der Waals surface area contributed by atoms with Crippen LogP contribution < -0.4 is 10.1 Å². The fourth-order valence-electron chi connectivity index (χ4n) is 2.48. The van der Waals surface area contributed by atoms with Gasteiger partial charge in [0.05, 0.1) is 6.61 Å². The predicted molar refractivity (Wildman–Crippen MR) is 98.3 cm³/mol. The van der Waals surface area contributed by atoms with Crippen molar-refractivity contribution < 1.29 is 9.53 Å². The molecule has 24 heavy (non-hydrogen) atoms. The first-order valence-corrected chi connectivity index (χ1v) is 8.84. The molecule has 0 unspecified atom stereocenters. The van der Waals surface area contributed by atoms with Crippen molar-refractivity contribution in [3.63, 3.8) is 0 Å². The summed E-state index contributed by atoms with van der Waals surface area (Å²) < 4.78 is 5.72. The number of hydrogen-bond donors (Lipinski definition) is 1. The van der Waals surface area contributed by atoms with Gasteiger partial charge in [-0.3, -0.25) is 4.79 Å². The van der Waals surface area contributed by atoms with Crippen molar-refractivity contribution in [2.75, 3.05) is 6.61 Å². The summed E-state index contributed by atoms with van der Waals surface area (Å²) in [6.07, 6.45) is 6.13. The van der Waals surface area contributed by atoms with Gasteiger partial charge in [0.2, 0.25) is 0 Å².